The number of aromatic nitrogens is 1. The van der Waals surface area contributed by atoms with Crippen molar-refractivity contribution in [3.63, 3.8) is 0 Å². The summed E-state index contributed by atoms with van der Waals surface area (Å²) in [6.45, 7) is 1.74. The number of sulfonamides is 1. The normalized spacial score (nSPS) is 12.9. The van der Waals surface area contributed by atoms with Gasteiger partial charge in [-0.1, -0.05) is 23.7 Å². The van der Waals surface area contributed by atoms with E-state index < -0.39 is 16.1 Å². The number of hydrogen-bond donors (Lipinski definition) is 3. The molecule has 0 saturated carbocycles. The Labute approximate surface area is 128 Å². The van der Waals surface area contributed by atoms with E-state index in [9.17, 15) is 8.42 Å². The van der Waals surface area contributed by atoms with Crippen LogP contribution in [-0.4, -0.2) is 13.4 Å². The van der Waals surface area contributed by atoms with E-state index in [-0.39, 0.29) is 10.7 Å². The first kappa shape index (κ1) is 15.7. The number of halogens is 1. The summed E-state index contributed by atoms with van der Waals surface area (Å²) in [6.07, 6.45) is 1.37. The molecule has 1 aromatic carbocycles. The van der Waals surface area contributed by atoms with Gasteiger partial charge >= 0.3 is 0 Å². The van der Waals surface area contributed by atoms with Gasteiger partial charge in [0.1, 0.15) is 5.82 Å². The highest BCUT2D eigenvalue weighted by Gasteiger charge is 2.19. The van der Waals surface area contributed by atoms with Crippen LogP contribution in [0.4, 0.5) is 5.82 Å². The van der Waals surface area contributed by atoms with E-state index in [2.05, 4.69) is 15.1 Å². The SMILES string of the molecule is CC(NS(=O)(=O)c1ccnc(NN)c1)c1cccc(Cl)c1. The number of nitrogens with one attached hydrogen (secondary N) is 2. The molecule has 1 unspecified atom stereocenters. The third-order valence-electron chi connectivity index (χ3n) is 2.87. The molecule has 0 radical (unpaired) electrons. The van der Waals surface area contributed by atoms with E-state index >= 15 is 0 Å². The number of nitrogens with two attached hydrogens (primary N) is 1. The summed E-state index contributed by atoms with van der Waals surface area (Å²) < 4.78 is 27.2. The van der Waals surface area contributed by atoms with Crippen LogP contribution in [0.3, 0.4) is 0 Å². The maximum absolute atomic E-state index is 12.3. The van der Waals surface area contributed by atoms with Crippen molar-refractivity contribution >= 4 is 27.4 Å². The second-order valence-electron chi connectivity index (χ2n) is 4.42. The Morgan fingerprint density at radius 2 is 2.05 bits per heavy atom. The molecular weight excluding hydrogens is 312 g/mol. The van der Waals surface area contributed by atoms with E-state index in [1.807, 2.05) is 0 Å². The topological polar surface area (TPSA) is 97.1 Å². The van der Waals surface area contributed by atoms with Crippen molar-refractivity contribution in [1.82, 2.24) is 9.71 Å². The molecular formula is C13H15ClN4O2S. The van der Waals surface area contributed by atoms with Gasteiger partial charge in [-0.15, -0.1) is 0 Å². The predicted octanol–water partition coefficient (Wildman–Crippen LogP) is 2.06. The van der Waals surface area contributed by atoms with Gasteiger partial charge in [0.15, 0.2) is 0 Å². The van der Waals surface area contributed by atoms with Crippen molar-refractivity contribution in [1.29, 1.82) is 0 Å². The predicted molar refractivity (Wildman–Crippen MR) is 82.2 cm³/mol. The monoisotopic (exact) mass is 326 g/mol. The van der Waals surface area contributed by atoms with Gasteiger partial charge in [-0.05, 0) is 30.7 Å². The van der Waals surface area contributed by atoms with E-state index in [1.165, 1.54) is 18.3 Å². The van der Waals surface area contributed by atoms with Crippen LogP contribution in [0.25, 0.3) is 0 Å². The number of benzene rings is 1. The smallest absolute Gasteiger partial charge is 0.241 e. The Morgan fingerprint density at radius 1 is 1.29 bits per heavy atom. The van der Waals surface area contributed by atoms with E-state index in [1.54, 1.807) is 31.2 Å². The molecule has 6 nitrogen and oxygen atoms in total. The number of nitrogen functional groups attached to an aromatic ring is 1. The third kappa shape index (κ3) is 3.92. The fraction of sp³-hybridized carbons (Fsp3) is 0.154. The van der Waals surface area contributed by atoms with Crippen LogP contribution in [0.15, 0.2) is 47.5 Å². The Morgan fingerprint density at radius 3 is 2.71 bits per heavy atom. The molecule has 0 spiro atoms. The van der Waals surface area contributed by atoms with E-state index in [4.69, 9.17) is 17.4 Å². The van der Waals surface area contributed by atoms with Crippen molar-refractivity contribution in [2.75, 3.05) is 5.43 Å². The second-order valence-corrected chi connectivity index (χ2v) is 6.57. The van der Waals surface area contributed by atoms with Crippen molar-refractivity contribution in [2.45, 2.75) is 17.9 Å². The summed E-state index contributed by atoms with van der Waals surface area (Å²) in [5.41, 5.74) is 3.09. The zero-order valence-corrected chi connectivity index (χ0v) is 12.8. The summed E-state index contributed by atoms with van der Waals surface area (Å²) in [4.78, 5) is 3.96. The van der Waals surface area contributed by atoms with Crippen LogP contribution in [0.2, 0.25) is 5.02 Å². The molecule has 2 aromatic rings. The van der Waals surface area contributed by atoms with Crippen molar-refractivity contribution < 1.29 is 8.42 Å². The van der Waals surface area contributed by atoms with Gasteiger partial charge in [0, 0.05) is 23.3 Å². The van der Waals surface area contributed by atoms with Crippen LogP contribution in [0.5, 0.6) is 0 Å². The second kappa shape index (κ2) is 6.40. The molecule has 0 aliphatic rings. The fourth-order valence-corrected chi connectivity index (χ4v) is 3.25. The molecule has 0 fully saturated rings. The van der Waals surface area contributed by atoms with Gasteiger partial charge in [-0.2, -0.15) is 0 Å². The quantitative estimate of drug-likeness (QED) is 0.577. The maximum Gasteiger partial charge on any atom is 0.241 e. The van der Waals surface area contributed by atoms with Gasteiger partial charge in [-0.3, -0.25) is 0 Å². The van der Waals surface area contributed by atoms with Crippen LogP contribution >= 0.6 is 11.6 Å². The molecule has 21 heavy (non-hydrogen) atoms. The maximum atomic E-state index is 12.3. The Hall–Kier alpha value is -1.67. The minimum absolute atomic E-state index is 0.0827. The first-order valence-corrected chi connectivity index (χ1v) is 7.99. The first-order chi connectivity index (χ1) is 9.92. The molecule has 0 amide bonds. The average Bonchev–Trinajstić information content (AvgIpc) is 2.47. The summed E-state index contributed by atoms with van der Waals surface area (Å²) in [7, 11) is -3.68. The third-order valence-corrected chi connectivity index (χ3v) is 4.64. The molecule has 1 atom stereocenters. The van der Waals surface area contributed by atoms with Crippen LogP contribution in [0.1, 0.15) is 18.5 Å². The molecule has 1 heterocycles. The molecule has 0 saturated heterocycles. The lowest BCUT2D eigenvalue weighted by Gasteiger charge is -2.15. The van der Waals surface area contributed by atoms with E-state index in [0.717, 1.165) is 5.56 Å². The summed E-state index contributed by atoms with van der Waals surface area (Å²) in [6, 6.07) is 9.35. The molecule has 8 heteroatoms. The Balaban J connectivity index is 2.24. The minimum atomic E-state index is -3.68. The number of anilines is 1. The van der Waals surface area contributed by atoms with Crippen molar-refractivity contribution in [3.8, 4) is 0 Å². The number of nitrogens with zero attached hydrogens (tertiary/aromatic N) is 1. The Bertz CT molecular complexity index is 736. The largest absolute Gasteiger partial charge is 0.308 e. The molecule has 0 aliphatic heterocycles. The first-order valence-electron chi connectivity index (χ1n) is 6.13. The van der Waals surface area contributed by atoms with Gasteiger partial charge < -0.3 is 5.43 Å². The summed E-state index contributed by atoms with van der Waals surface area (Å²) in [5.74, 6) is 5.50. The lowest BCUT2D eigenvalue weighted by molar-refractivity contribution is 0.567. The minimum Gasteiger partial charge on any atom is -0.308 e. The average molecular weight is 327 g/mol. The highest BCUT2D eigenvalue weighted by Crippen LogP contribution is 2.20. The van der Waals surface area contributed by atoms with Gasteiger partial charge in [0.2, 0.25) is 10.0 Å². The lowest BCUT2D eigenvalue weighted by atomic mass is 10.1. The van der Waals surface area contributed by atoms with Gasteiger partial charge in [-0.25, -0.2) is 24.0 Å². The number of hydrogen-bond acceptors (Lipinski definition) is 5. The lowest BCUT2D eigenvalue weighted by Crippen LogP contribution is -2.27. The van der Waals surface area contributed by atoms with Crippen LogP contribution in [0, 0.1) is 0 Å². The standard InChI is InChI=1S/C13H15ClN4O2S/c1-9(10-3-2-4-11(14)7-10)18-21(19,20)12-5-6-16-13(8-12)17-15/h2-9,18H,15H2,1H3,(H,16,17). The number of rotatable bonds is 5. The molecule has 0 aliphatic carbocycles. The highest BCUT2D eigenvalue weighted by molar-refractivity contribution is 7.89. The van der Waals surface area contributed by atoms with Gasteiger partial charge in [0.25, 0.3) is 0 Å². The molecule has 112 valence electrons. The van der Waals surface area contributed by atoms with Crippen LogP contribution < -0.4 is 16.0 Å². The fourth-order valence-electron chi connectivity index (χ4n) is 1.80. The number of hydrazine groups is 1. The Kier molecular flexibility index (Phi) is 4.79. The van der Waals surface area contributed by atoms with E-state index in [0.29, 0.717) is 5.02 Å². The summed E-state index contributed by atoms with van der Waals surface area (Å²) >= 11 is 5.91. The highest BCUT2D eigenvalue weighted by atomic mass is 35.5. The zero-order chi connectivity index (χ0) is 15.5. The zero-order valence-electron chi connectivity index (χ0n) is 11.2. The molecule has 2 rings (SSSR count). The van der Waals surface area contributed by atoms with Crippen LogP contribution in [-0.2, 0) is 10.0 Å². The van der Waals surface area contributed by atoms with Crippen molar-refractivity contribution in [2.24, 2.45) is 5.84 Å². The molecule has 4 N–H and O–H groups in total. The van der Waals surface area contributed by atoms with Gasteiger partial charge in [0.05, 0.1) is 4.90 Å². The summed E-state index contributed by atoms with van der Waals surface area (Å²) in [5, 5.41) is 0.553. The molecule has 1 aromatic heterocycles. The van der Waals surface area contributed by atoms with Crippen molar-refractivity contribution in [3.05, 3.63) is 53.2 Å². The molecule has 0 bridgehead atoms. The number of pyridine rings is 1.